The number of pyridine rings is 1. The number of hydrogen-bond acceptors (Lipinski definition) is 7. The van der Waals surface area contributed by atoms with Gasteiger partial charge in [-0.05, 0) is 64.7 Å². The molecule has 0 bridgehead atoms. The monoisotopic (exact) mass is 513 g/mol. The first kappa shape index (κ1) is 25.5. The second-order valence-corrected chi connectivity index (χ2v) is 9.30. The molecule has 1 amide bonds. The number of hydrogen-bond donors (Lipinski definition) is 2. The number of aryl methyl sites for hydroxylation is 2. The van der Waals surface area contributed by atoms with E-state index in [1.54, 1.807) is 51.1 Å². The number of carboxylic acids is 1. The van der Waals surface area contributed by atoms with Crippen LogP contribution in [0, 0.1) is 19.8 Å². The smallest absolute Gasteiger partial charge is 0.412 e. The maximum Gasteiger partial charge on any atom is 0.412 e. The Morgan fingerprint density at radius 2 is 1.94 bits per heavy atom. The zero-order valence-electron chi connectivity index (χ0n) is 20.3. The lowest BCUT2D eigenvalue weighted by atomic mass is 9.87. The van der Waals surface area contributed by atoms with Crippen LogP contribution in [0.1, 0.15) is 55.7 Å². The third kappa shape index (κ3) is 5.79. The van der Waals surface area contributed by atoms with Gasteiger partial charge in [0.1, 0.15) is 28.9 Å². The van der Waals surface area contributed by atoms with Crippen molar-refractivity contribution in [1.82, 2.24) is 10.1 Å². The summed E-state index contributed by atoms with van der Waals surface area (Å²) in [6.45, 7) is 5.23. The van der Waals surface area contributed by atoms with E-state index in [4.69, 9.17) is 25.6 Å². The fourth-order valence-corrected chi connectivity index (χ4v) is 4.60. The standard InChI is InChI=1S/C26H28ClN3O6/c1-14-22(35-18-8-6-7-17(13-18)25(31)32)12-11-21(28-14)24-23(15(2)30-36-24)29-26(33)34-16(3)19-9-4-5-10-20(19)27/h4-5,9-12,16-18H,6-8,13H2,1-3H3,(H,29,33)(H,31,32)/t16-,17+,18+/m1/s1. The van der Waals surface area contributed by atoms with E-state index >= 15 is 0 Å². The van der Waals surface area contributed by atoms with Gasteiger partial charge in [0.25, 0.3) is 0 Å². The van der Waals surface area contributed by atoms with Gasteiger partial charge in [0.2, 0.25) is 5.76 Å². The molecule has 1 aliphatic carbocycles. The Labute approximate surface area is 213 Å². The number of amides is 1. The van der Waals surface area contributed by atoms with Crippen molar-refractivity contribution in [3.05, 3.63) is 58.4 Å². The van der Waals surface area contributed by atoms with Crippen LogP contribution < -0.4 is 10.1 Å². The third-order valence-corrected chi connectivity index (χ3v) is 6.60. The topological polar surface area (TPSA) is 124 Å². The predicted octanol–water partition coefficient (Wildman–Crippen LogP) is 6.34. The molecule has 1 aromatic carbocycles. The number of carbonyl (C=O) groups is 2. The summed E-state index contributed by atoms with van der Waals surface area (Å²) in [4.78, 5) is 28.6. The van der Waals surface area contributed by atoms with Gasteiger partial charge in [-0.25, -0.2) is 9.78 Å². The van der Waals surface area contributed by atoms with Gasteiger partial charge < -0.3 is 19.1 Å². The number of benzene rings is 1. The molecule has 10 heteroatoms. The number of ether oxygens (including phenoxy) is 2. The molecule has 2 N–H and O–H groups in total. The van der Waals surface area contributed by atoms with Crippen LogP contribution in [0.4, 0.5) is 10.5 Å². The minimum absolute atomic E-state index is 0.175. The normalized spacial score (nSPS) is 18.3. The molecule has 0 unspecified atom stereocenters. The van der Waals surface area contributed by atoms with Crippen molar-refractivity contribution in [3.8, 4) is 17.2 Å². The molecule has 3 atom stereocenters. The summed E-state index contributed by atoms with van der Waals surface area (Å²) >= 11 is 6.20. The van der Waals surface area contributed by atoms with Crippen molar-refractivity contribution in [1.29, 1.82) is 0 Å². The molecular formula is C26H28ClN3O6. The van der Waals surface area contributed by atoms with Gasteiger partial charge in [-0.2, -0.15) is 0 Å². The Kier molecular flexibility index (Phi) is 7.79. The molecule has 2 heterocycles. The molecule has 9 nitrogen and oxygen atoms in total. The Morgan fingerprint density at radius 1 is 1.17 bits per heavy atom. The van der Waals surface area contributed by atoms with E-state index in [9.17, 15) is 14.7 Å². The SMILES string of the molecule is Cc1nc(-c2onc(C)c2NC(=O)O[C@H](C)c2ccccc2Cl)ccc1O[C@H]1CCC[C@H](C(=O)O)C1. The Morgan fingerprint density at radius 3 is 2.67 bits per heavy atom. The molecule has 2 aromatic heterocycles. The van der Waals surface area contributed by atoms with E-state index in [2.05, 4.69) is 15.5 Å². The van der Waals surface area contributed by atoms with E-state index in [1.807, 2.05) is 6.07 Å². The summed E-state index contributed by atoms with van der Waals surface area (Å²) in [5, 5.41) is 16.5. The number of aromatic nitrogens is 2. The number of aliphatic carboxylic acids is 1. The van der Waals surface area contributed by atoms with Crippen molar-refractivity contribution in [2.45, 2.75) is 58.7 Å². The summed E-state index contributed by atoms with van der Waals surface area (Å²) in [7, 11) is 0. The van der Waals surface area contributed by atoms with Crippen LogP contribution in [0.25, 0.3) is 11.5 Å². The molecule has 36 heavy (non-hydrogen) atoms. The van der Waals surface area contributed by atoms with Gasteiger partial charge in [-0.1, -0.05) is 35.0 Å². The highest BCUT2D eigenvalue weighted by Gasteiger charge is 2.29. The zero-order chi connectivity index (χ0) is 25.8. The predicted molar refractivity (Wildman–Crippen MR) is 133 cm³/mol. The quantitative estimate of drug-likeness (QED) is 0.375. The van der Waals surface area contributed by atoms with Gasteiger partial charge in [-0.15, -0.1) is 0 Å². The van der Waals surface area contributed by atoms with Crippen LogP contribution in [-0.4, -0.2) is 33.4 Å². The lowest BCUT2D eigenvalue weighted by Crippen LogP contribution is -2.29. The highest BCUT2D eigenvalue weighted by molar-refractivity contribution is 6.31. The summed E-state index contributed by atoms with van der Waals surface area (Å²) in [5.41, 5.74) is 2.58. The van der Waals surface area contributed by atoms with Crippen LogP contribution >= 0.6 is 11.6 Å². The first-order chi connectivity index (χ1) is 17.2. The van der Waals surface area contributed by atoms with Gasteiger partial charge in [0, 0.05) is 10.6 Å². The number of nitrogens with one attached hydrogen (secondary N) is 1. The van der Waals surface area contributed by atoms with E-state index < -0.39 is 18.2 Å². The van der Waals surface area contributed by atoms with Crippen LogP contribution in [0.3, 0.4) is 0 Å². The van der Waals surface area contributed by atoms with E-state index in [0.717, 1.165) is 12.8 Å². The van der Waals surface area contributed by atoms with Crippen LogP contribution in [0.2, 0.25) is 5.02 Å². The number of halogens is 1. The number of rotatable bonds is 7. The molecule has 0 spiro atoms. The lowest BCUT2D eigenvalue weighted by molar-refractivity contribution is -0.143. The molecule has 190 valence electrons. The van der Waals surface area contributed by atoms with Gasteiger partial charge >= 0.3 is 12.1 Å². The van der Waals surface area contributed by atoms with Crippen molar-refractivity contribution in [2.75, 3.05) is 5.32 Å². The number of anilines is 1. The van der Waals surface area contributed by atoms with Crippen LogP contribution in [0.15, 0.2) is 40.9 Å². The van der Waals surface area contributed by atoms with Gasteiger partial charge in [-0.3, -0.25) is 10.1 Å². The van der Waals surface area contributed by atoms with Crippen LogP contribution in [0.5, 0.6) is 5.75 Å². The average Bonchev–Trinajstić information content (AvgIpc) is 3.20. The molecule has 1 saturated carbocycles. The Balaban J connectivity index is 1.46. The third-order valence-electron chi connectivity index (χ3n) is 6.26. The maximum absolute atomic E-state index is 12.6. The van der Waals surface area contributed by atoms with Crippen molar-refractivity contribution in [3.63, 3.8) is 0 Å². The first-order valence-electron chi connectivity index (χ1n) is 11.8. The van der Waals surface area contributed by atoms with Crippen molar-refractivity contribution < 1.29 is 28.7 Å². The number of carboxylic acid groups (broad SMARTS) is 1. The largest absolute Gasteiger partial charge is 0.489 e. The molecule has 0 radical (unpaired) electrons. The summed E-state index contributed by atoms with van der Waals surface area (Å²) in [5.74, 6) is -0.307. The fraction of sp³-hybridized carbons (Fsp3) is 0.385. The Hall–Kier alpha value is -3.59. The van der Waals surface area contributed by atoms with Crippen molar-refractivity contribution in [2.24, 2.45) is 5.92 Å². The van der Waals surface area contributed by atoms with Gasteiger partial charge in [0.05, 0.1) is 17.7 Å². The summed E-state index contributed by atoms with van der Waals surface area (Å²) in [6, 6.07) is 10.6. The minimum Gasteiger partial charge on any atom is -0.489 e. The second-order valence-electron chi connectivity index (χ2n) is 8.89. The van der Waals surface area contributed by atoms with Crippen LogP contribution in [-0.2, 0) is 9.53 Å². The van der Waals surface area contributed by atoms with E-state index in [0.29, 0.717) is 51.9 Å². The minimum atomic E-state index is -0.783. The number of carbonyl (C=O) groups excluding carboxylic acids is 1. The molecule has 0 aliphatic heterocycles. The molecule has 0 saturated heterocycles. The summed E-state index contributed by atoms with van der Waals surface area (Å²) < 4.78 is 17.0. The summed E-state index contributed by atoms with van der Waals surface area (Å²) in [6.07, 6.45) is 1.33. The van der Waals surface area contributed by atoms with E-state index in [1.165, 1.54) is 0 Å². The number of nitrogens with zero attached hydrogens (tertiary/aromatic N) is 2. The van der Waals surface area contributed by atoms with Crippen molar-refractivity contribution >= 4 is 29.4 Å². The highest BCUT2D eigenvalue weighted by atomic mass is 35.5. The fourth-order valence-electron chi connectivity index (χ4n) is 4.31. The zero-order valence-corrected chi connectivity index (χ0v) is 21.0. The maximum atomic E-state index is 12.6. The highest BCUT2D eigenvalue weighted by Crippen LogP contribution is 2.34. The Bertz CT molecular complexity index is 1260. The molecule has 4 rings (SSSR count). The molecule has 1 aliphatic rings. The average molecular weight is 514 g/mol. The molecular weight excluding hydrogens is 486 g/mol. The van der Waals surface area contributed by atoms with Gasteiger partial charge in [0.15, 0.2) is 0 Å². The molecule has 1 fully saturated rings. The first-order valence-corrected chi connectivity index (χ1v) is 12.2. The molecule has 3 aromatic rings. The van der Waals surface area contributed by atoms with E-state index in [-0.39, 0.29) is 17.8 Å². The second kappa shape index (κ2) is 11.0. The lowest BCUT2D eigenvalue weighted by Gasteiger charge is -2.27.